The zero-order chi connectivity index (χ0) is 11.7. The molecule has 18 heavy (non-hydrogen) atoms. The number of amides is 1. The van der Waals surface area contributed by atoms with Crippen molar-refractivity contribution >= 4 is 39.7 Å². The van der Waals surface area contributed by atoms with Crippen molar-refractivity contribution in [2.24, 2.45) is 0 Å². The summed E-state index contributed by atoms with van der Waals surface area (Å²) in [7, 11) is 0. The van der Waals surface area contributed by atoms with E-state index < -0.39 is 0 Å². The largest absolute Gasteiger partial charge is 0.336 e. The standard InChI is InChI=1S/C13H14N2OS.ClH/c16-13(15-7-5-14-6-8-15)11-9-17-12-4-2-1-3-10(11)12;/h1-4,9,14H,5-8H2;1H. The van der Waals surface area contributed by atoms with Crippen LogP contribution in [-0.2, 0) is 0 Å². The summed E-state index contributed by atoms with van der Waals surface area (Å²) >= 11 is 1.64. The fraction of sp³-hybridized carbons (Fsp3) is 0.308. The highest BCUT2D eigenvalue weighted by Gasteiger charge is 2.20. The Labute approximate surface area is 116 Å². The number of nitrogens with one attached hydrogen (secondary N) is 1. The van der Waals surface area contributed by atoms with Crippen LogP contribution in [0, 0.1) is 0 Å². The van der Waals surface area contributed by atoms with E-state index in [1.165, 1.54) is 4.70 Å². The minimum absolute atomic E-state index is 0. The third-order valence-corrected chi connectivity index (χ3v) is 4.08. The lowest BCUT2D eigenvalue weighted by Gasteiger charge is -2.27. The molecule has 0 atom stereocenters. The van der Waals surface area contributed by atoms with E-state index in [0.717, 1.165) is 37.1 Å². The van der Waals surface area contributed by atoms with Crippen LogP contribution in [0.4, 0.5) is 0 Å². The van der Waals surface area contributed by atoms with Gasteiger partial charge in [-0.1, -0.05) is 18.2 Å². The van der Waals surface area contributed by atoms with E-state index in [0.29, 0.717) is 0 Å². The van der Waals surface area contributed by atoms with Crippen LogP contribution in [0.3, 0.4) is 0 Å². The summed E-state index contributed by atoms with van der Waals surface area (Å²) < 4.78 is 1.19. The Kier molecular flexibility index (Phi) is 4.22. The SMILES string of the molecule is Cl.O=C(c1csc2ccccc12)N1CCNCC1. The molecule has 3 rings (SSSR count). The number of rotatable bonds is 1. The maximum atomic E-state index is 12.4. The molecule has 0 radical (unpaired) electrons. The van der Waals surface area contributed by atoms with Gasteiger partial charge in [0.25, 0.3) is 5.91 Å². The molecule has 1 N–H and O–H groups in total. The highest BCUT2D eigenvalue weighted by atomic mass is 35.5. The topological polar surface area (TPSA) is 32.3 Å². The summed E-state index contributed by atoms with van der Waals surface area (Å²) in [4.78, 5) is 14.3. The summed E-state index contributed by atoms with van der Waals surface area (Å²) in [5.74, 6) is 0.170. The van der Waals surface area contributed by atoms with Crippen LogP contribution in [0.2, 0.25) is 0 Å². The number of nitrogens with zero attached hydrogens (tertiary/aromatic N) is 1. The highest BCUT2D eigenvalue weighted by Crippen LogP contribution is 2.26. The Morgan fingerprint density at radius 2 is 1.94 bits per heavy atom. The number of thiophene rings is 1. The monoisotopic (exact) mass is 282 g/mol. The number of piperazine rings is 1. The van der Waals surface area contributed by atoms with Gasteiger partial charge in [0.2, 0.25) is 0 Å². The van der Waals surface area contributed by atoms with Crippen molar-refractivity contribution in [3.63, 3.8) is 0 Å². The van der Waals surface area contributed by atoms with E-state index in [9.17, 15) is 4.79 Å². The smallest absolute Gasteiger partial charge is 0.255 e. The Hall–Kier alpha value is -1.10. The van der Waals surface area contributed by atoms with E-state index in [4.69, 9.17) is 0 Å². The number of carbonyl (C=O) groups excluding carboxylic acids is 1. The predicted molar refractivity (Wildman–Crippen MR) is 77.8 cm³/mol. The molecule has 0 aliphatic carbocycles. The number of carbonyl (C=O) groups is 1. The maximum absolute atomic E-state index is 12.4. The molecule has 0 unspecified atom stereocenters. The van der Waals surface area contributed by atoms with Crippen molar-refractivity contribution in [2.75, 3.05) is 26.2 Å². The van der Waals surface area contributed by atoms with Crippen LogP contribution < -0.4 is 5.32 Å². The molecule has 5 heteroatoms. The van der Waals surface area contributed by atoms with Crippen molar-refractivity contribution in [3.05, 3.63) is 35.2 Å². The van der Waals surface area contributed by atoms with Gasteiger partial charge in [-0.2, -0.15) is 0 Å². The summed E-state index contributed by atoms with van der Waals surface area (Å²) in [5, 5.41) is 6.33. The lowest BCUT2D eigenvalue weighted by molar-refractivity contribution is 0.0738. The maximum Gasteiger partial charge on any atom is 0.255 e. The molecule has 1 aliphatic heterocycles. The molecule has 1 aromatic heterocycles. The van der Waals surface area contributed by atoms with Gasteiger partial charge in [0.15, 0.2) is 0 Å². The zero-order valence-corrected chi connectivity index (χ0v) is 11.5. The Balaban J connectivity index is 0.00000120. The number of benzene rings is 1. The van der Waals surface area contributed by atoms with Crippen LogP contribution in [0.1, 0.15) is 10.4 Å². The molecule has 1 saturated heterocycles. The fourth-order valence-corrected chi connectivity index (χ4v) is 3.12. The second-order valence-electron chi connectivity index (χ2n) is 4.19. The molecule has 1 aliphatic rings. The molecule has 1 amide bonds. The molecule has 2 aromatic rings. The number of hydrogen-bond acceptors (Lipinski definition) is 3. The third kappa shape index (κ3) is 2.36. The highest BCUT2D eigenvalue weighted by molar-refractivity contribution is 7.17. The number of halogens is 1. The van der Waals surface area contributed by atoms with Gasteiger partial charge in [0, 0.05) is 41.6 Å². The molecule has 0 bridgehead atoms. The van der Waals surface area contributed by atoms with Gasteiger partial charge < -0.3 is 10.2 Å². The average Bonchev–Trinajstić information content (AvgIpc) is 2.83. The molecule has 0 saturated carbocycles. The third-order valence-electron chi connectivity index (χ3n) is 3.12. The zero-order valence-electron chi connectivity index (χ0n) is 9.89. The summed E-state index contributed by atoms with van der Waals surface area (Å²) in [5.41, 5.74) is 0.854. The molecule has 3 nitrogen and oxygen atoms in total. The minimum atomic E-state index is 0. The normalized spacial score (nSPS) is 15.4. The first-order chi connectivity index (χ1) is 8.36. The Morgan fingerprint density at radius 1 is 1.22 bits per heavy atom. The second kappa shape index (κ2) is 5.69. The molecular formula is C13H15ClN2OS. The Bertz CT molecular complexity index is 549. The van der Waals surface area contributed by atoms with E-state index in [1.54, 1.807) is 11.3 Å². The number of fused-ring (bicyclic) bond motifs is 1. The molecule has 1 aromatic carbocycles. The molecule has 2 heterocycles. The van der Waals surface area contributed by atoms with Gasteiger partial charge in [0.05, 0.1) is 5.56 Å². The van der Waals surface area contributed by atoms with Crippen molar-refractivity contribution in [1.29, 1.82) is 0 Å². The van der Waals surface area contributed by atoms with Crippen molar-refractivity contribution in [2.45, 2.75) is 0 Å². The lowest BCUT2D eigenvalue weighted by Crippen LogP contribution is -2.46. The Morgan fingerprint density at radius 3 is 2.72 bits per heavy atom. The summed E-state index contributed by atoms with van der Waals surface area (Å²) in [6.45, 7) is 3.41. The first kappa shape index (κ1) is 13.3. The van der Waals surface area contributed by atoms with Gasteiger partial charge in [-0.3, -0.25) is 4.79 Å². The van der Waals surface area contributed by atoms with E-state index >= 15 is 0 Å². The lowest BCUT2D eigenvalue weighted by atomic mass is 10.1. The number of hydrogen-bond donors (Lipinski definition) is 1. The molecule has 1 fully saturated rings. The molecule has 96 valence electrons. The summed E-state index contributed by atoms with van der Waals surface area (Å²) in [6, 6.07) is 8.09. The first-order valence-electron chi connectivity index (χ1n) is 5.82. The van der Waals surface area contributed by atoms with E-state index in [1.807, 2.05) is 28.5 Å². The molecular weight excluding hydrogens is 268 g/mol. The summed E-state index contributed by atoms with van der Waals surface area (Å²) in [6.07, 6.45) is 0. The second-order valence-corrected chi connectivity index (χ2v) is 5.10. The minimum Gasteiger partial charge on any atom is -0.336 e. The van der Waals surface area contributed by atoms with Gasteiger partial charge in [-0.25, -0.2) is 0 Å². The van der Waals surface area contributed by atoms with Crippen LogP contribution in [0.5, 0.6) is 0 Å². The van der Waals surface area contributed by atoms with Crippen molar-refractivity contribution in [3.8, 4) is 0 Å². The van der Waals surface area contributed by atoms with Crippen LogP contribution in [0.15, 0.2) is 29.6 Å². The van der Waals surface area contributed by atoms with E-state index in [2.05, 4.69) is 11.4 Å². The van der Waals surface area contributed by atoms with Gasteiger partial charge >= 0.3 is 0 Å². The fourth-order valence-electron chi connectivity index (χ4n) is 2.18. The predicted octanol–water partition coefficient (Wildman–Crippen LogP) is 2.37. The van der Waals surface area contributed by atoms with Crippen molar-refractivity contribution < 1.29 is 4.79 Å². The quantitative estimate of drug-likeness (QED) is 0.871. The first-order valence-corrected chi connectivity index (χ1v) is 6.70. The van der Waals surface area contributed by atoms with Crippen molar-refractivity contribution in [1.82, 2.24) is 10.2 Å². The van der Waals surface area contributed by atoms with E-state index in [-0.39, 0.29) is 18.3 Å². The van der Waals surface area contributed by atoms with Gasteiger partial charge in [0.1, 0.15) is 0 Å². The average molecular weight is 283 g/mol. The van der Waals surface area contributed by atoms with Gasteiger partial charge in [-0.05, 0) is 6.07 Å². The van der Waals surface area contributed by atoms with Crippen LogP contribution >= 0.6 is 23.7 Å². The van der Waals surface area contributed by atoms with Crippen LogP contribution in [-0.4, -0.2) is 37.0 Å². The van der Waals surface area contributed by atoms with Crippen LogP contribution in [0.25, 0.3) is 10.1 Å². The van der Waals surface area contributed by atoms with Gasteiger partial charge in [-0.15, -0.1) is 23.7 Å². The molecule has 0 spiro atoms.